The van der Waals surface area contributed by atoms with E-state index in [4.69, 9.17) is 4.74 Å². The summed E-state index contributed by atoms with van der Waals surface area (Å²) in [5.41, 5.74) is 2.12. The smallest absolute Gasteiger partial charge is 0.219 e. The molecule has 1 aromatic heterocycles. The first-order valence-electron chi connectivity index (χ1n) is 7.58. The second kappa shape index (κ2) is 5.86. The van der Waals surface area contributed by atoms with E-state index in [-0.39, 0.29) is 11.8 Å². The molecule has 0 spiro atoms. The lowest BCUT2D eigenvalue weighted by Crippen LogP contribution is -2.29. The number of aliphatic hydroxyl groups is 1. The highest BCUT2D eigenvalue weighted by Gasteiger charge is 2.61. The number of fused-ring (bicyclic) bond motifs is 1. The van der Waals surface area contributed by atoms with Crippen molar-refractivity contribution in [1.82, 2.24) is 0 Å². The normalized spacial score (nSPS) is 30.9. The van der Waals surface area contributed by atoms with Crippen molar-refractivity contribution in [3.05, 3.63) is 51.9 Å². The lowest BCUT2D eigenvalue weighted by atomic mass is 10.1. The lowest BCUT2D eigenvalue weighted by molar-refractivity contribution is -0.0729. The van der Waals surface area contributed by atoms with Crippen molar-refractivity contribution in [3.8, 4) is 0 Å². The highest BCUT2D eigenvalue weighted by atomic mass is 32.1. The molecule has 3 atom stereocenters. The molecule has 3 nitrogen and oxygen atoms in total. The maximum Gasteiger partial charge on any atom is 0.219 e. The van der Waals surface area contributed by atoms with Gasteiger partial charge in [-0.1, -0.05) is 36.8 Å². The molecule has 2 aliphatic rings. The number of thiophene rings is 1. The molecule has 0 aromatic carbocycles. The van der Waals surface area contributed by atoms with Crippen LogP contribution in [0, 0.1) is 11.8 Å². The molecule has 0 radical (unpaired) electrons. The van der Waals surface area contributed by atoms with Crippen LogP contribution in [0.2, 0.25) is 0 Å². The number of allylic oxidation sites excluding steroid dienone is 3. The summed E-state index contributed by atoms with van der Waals surface area (Å²) < 4.78 is 5.72. The summed E-state index contributed by atoms with van der Waals surface area (Å²) in [4.78, 5) is 5.81. The van der Waals surface area contributed by atoms with Crippen LogP contribution in [0.3, 0.4) is 0 Å². The monoisotopic (exact) mass is 315 g/mol. The number of rotatable bonds is 4. The Morgan fingerprint density at radius 2 is 2.41 bits per heavy atom. The zero-order chi connectivity index (χ0) is 15.7. The van der Waals surface area contributed by atoms with E-state index in [1.165, 1.54) is 5.57 Å². The topological polar surface area (TPSA) is 41.8 Å². The van der Waals surface area contributed by atoms with Crippen LogP contribution in [0.15, 0.2) is 52.0 Å². The van der Waals surface area contributed by atoms with E-state index < -0.39 is 5.79 Å². The molecule has 1 aliphatic heterocycles. The molecule has 1 saturated carbocycles. The zero-order valence-corrected chi connectivity index (χ0v) is 13.9. The third-order valence-corrected chi connectivity index (χ3v) is 4.90. The molecule has 116 valence electrons. The van der Waals surface area contributed by atoms with Gasteiger partial charge in [0.25, 0.3) is 0 Å². The van der Waals surface area contributed by atoms with Gasteiger partial charge in [-0.3, -0.25) is 0 Å². The standard InChI is InChI=1S/C18H21NO2S/c1-4-12(2)7-8-13(3)17-19-16(10-14-6-5-9-22-14)15-11-18(15,20)21-17/h4-10,13,15,20H,11H2,1-3H3/b8-7-,12-4-,16-10+. The molecular formula is C18H21NO2S. The van der Waals surface area contributed by atoms with Gasteiger partial charge in [0.15, 0.2) is 5.90 Å². The van der Waals surface area contributed by atoms with Crippen LogP contribution in [-0.2, 0) is 4.74 Å². The Labute approximate surface area is 135 Å². The summed E-state index contributed by atoms with van der Waals surface area (Å²) in [6.07, 6.45) is 8.86. The summed E-state index contributed by atoms with van der Waals surface area (Å²) in [6, 6.07) is 4.08. The van der Waals surface area contributed by atoms with Crippen LogP contribution < -0.4 is 0 Å². The molecule has 0 bridgehead atoms. The molecule has 1 fully saturated rings. The van der Waals surface area contributed by atoms with Crippen molar-refractivity contribution in [2.24, 2.45) is 16.8 Å². The molecule has 0 saturated heterocycles. The van der Waals surface area contributed by atoms with Crippen LogP contribution in [0.5, 0.6) is 0 Å². The van der Waals surface area contributed by atoms with Gasteiger partial charge in [-0.2, -0.15) is 0 Å². The van der Waals surface area contributed by atoms with Crippen molar-refractivity contribution in [1.29, 1.82) is 0 Å². The van der Waals surface area contributed by atoms with Gasteiger partial charge >= 0.3 is 0 Å². The summed E-state index contributed by atoms with van der Waals surface area (Å²) in [7, 11) is 0. The third kappa shape index (κ3) is 3.08. The van der Waals surface area contributed by atoms with E-state index in [1.54, 1.807) is 11.3 Å². The van der Waals surface area contributed by atoms with E-state index >= 15 is 0 Å². The fraction of sp³-hybridized carbons (Fsp3) is 0.389. The summed E-state index contributed by atoms with van der Waals surface area (Å²) >= 11 is 1.67. The number of ether oxygens (including phenoxy) is 1. The van der Waals surface area contributed by atoms with Crippen molar-refractivity contribution >= 4 is 23.3 Å². The fourth-order valence-electron chi connectivity index (χ4n) is 2.41. The van der Waals surface area contributed by atoms with E-state index in [2.05, 4.69) is 42.3 Å². The molecule has 22 heavy (non-hydrogen) atoms. The van der Waals surface area contributed by atoms with Crippen LogP contribution in [0.4, 0.5) is 0 Å². The van der Waals surface area contributed by atoms with Crippen LogP contribution >= 0.6 is 11.3 Å². The van der Waals surface area contributed by atoms with E-state index in [0.29, 0.717) is 12.3 Å². The average Bonchev–Trinajstić information content (AvgIpc) is 2.93. The first-order valence-corrected chi connectivity index (χ1v) is 8.46. The molecule has 0 amide bonds. The second-order valence-corrected chi connectivity index (χ2v) is 6.90. The Morgan fingerprint density at radius 3 is 3.09 bits per heavy atom. The van der Waals surface area contributed by atoms with Gasteiger partial charge in [0.2, 0.25) is 5.79 Å². The Hall–Kier alpha value is -1.65. The predicted molar refractivity (Wildman–Crippen MR) is 91.6 cm³/mol. The van der Waals surface area contributed by atoms with Gasteiger partial charge in [-0.05, 0) is 31.4 Å². The van der Waals surface area contributed by atoms with Crippen molar-refractivity contribution in [2.75, 3.05) is 0 Å². The summed E-state index contributed by atoms with van der Waals surface area (Å²) in [6.45, 7) is 6.10. The Kier molecular flexibility index (Phi) is 4.06. The molecule has 1 N–H and O–H groups in total. The molecule has 4 heteroatoms. The predicted octanol–water partition coefficient (Wildman–Crippen LogP) is 4.38. The first kappa shape index (κ1) is 15.3. The molecular weight excluding hydrogens is 294 g/mol. The first-order chi connectivity index (χ1) is 10.5. The molecule has 1 aliphatic carbocycles. The van der Waals surface area contributed by atoms with Gasteiger partial charge < -0.3 is 9.84 Å². The Morgan fingerprint density at radius 1 is 1.59 bits per heavy atom. The second-order valence-electron chi connectivity index (χ2n) is 5.92. The summed E-state index contributed by atoms with van der Waals surface area (Å²) in [5.74, 6) is -0.406. The maximum atomic E-state index is 10.4. The maximum absolute atomic E-state index is 10.4. The van der Waals surface area contributed by atoms with Gasteiger partial charge in [0.05, 0.1) is 17.5 Å². The number of hydrogen-bond acceptors (Lipinski definition) is 4. The van der Waals surface area contributed by atoms with Gasteiger partial charge in [0, 0.05) is 11.3 Å². The van der Waals surface area contributed by atoms with Gasteiger partial charge in [0.1, 0.15) is 0 Å². The molecule has 3 rings (SSSR count). The average molecular weight is 315 g/mol. The minimum absolute atomic E-state index is 0.00630. The molecule has 1 aromatic rings. The zero-order valence-electron chi connectivity index (χ0n) is 13.1. The van der Waals surface area contributed by atoms with E-state index in [0.717, 1.165) is 10.6 Å². The van der Waals surface area contributed by atoms with Crippen molar-refractivity contribution < 1.29 is 9.84 Å². The van der Waals surface area contributed by atoms with E-state index in [9.17, 15) is 5.11 Å². The SMILES string of the molecule is C/C=C(C)\C=C/C(C)C1=N/C(=C/c2cccs2)C2CC2(O)O1. The third-order valence-electron chi connectivity index (χ3n) is 4.08. The fourth-order valence-corrected chi connectivity index (χ4v) is 3.07. The minimum atomic E-state index is -1.04. The van der Waals surface area contributed by atoms with Crippen molar-refractivity contribution in [2.45, 2.75) is 33.0 Å². The van der Waals surface area contributed by atoms with Crippen LogP contribution in [0.1, 0.15) is 32.1 Å². The van der Waals surface area contributed by atoms with Crippen molar-refractivity contribution in [3.63, 3.8) is 0 Å². The number of aliphatic imine (C=N–C) groups is 1. The van der Waals surface area contributed by atoms with Crippen LogP contribution in [0.25, 0.3) is 6.08 Å². The van der Waals surface area contributed by atoms with Gasteiger partial charge in [-0.25, -0.2) is 4.99 Å². The summed E-state index contributed by atoms with van der Waals surface area (Å²) in [5, 5.41) is 12.5. The minimum Gasteiger partial charge on any atom is -0.448 e. The molecule has 3 unspecified atom stereocenters. The van der Waals surface area contributed by atoms with Gasteiger partial charge in [-0.15, -0.1) is 11.3 Å². The van der Waals surface area contributed by atoms with Crippen LogP contribution in [-0.4, -0.2) is 16.8 Å². The number of nitrogens with zero attached hydrogens (tertiary/aromatic N) is 1. The quantitative estimate of drug-likeness (QED) is 0.838. The number of hydrogen-bond donors (Lipinski definition) is 1. The largest absolute Gasteiger partial charge is 0.448 e. The Balaban J connectivity index is 1.85. The highest BCUT2D eigenvalue weighted by molar-refractivity contribution is 7.10. The Bertz CT molecular complexity index is 669. The highest BCUT2D eigenvalue weighted by Crippen LogP contribution is 2.53. The van der Waals surface area contributed by atoms with E-state index in [1.807, 2.05) is 25.3 Å². The lowest BCUT2D eigenvalue weighted by Gasteiger charge is -2.23. The molecule has 2 heterocycles.